The van der Waals surface area contributed by atoms with E-state index in [4.69, 9.17) is 21.7 Å². The van der Waals surface area contributed by atoms with Gasteiger partial charge in [0.15, 0.2) is 10.5 Å². The van der Waals surface area contributed by atoms with Gasteiger partial charge in [0.1, 0.15) is 0 Å². The van der Waals surface area contributed by atoms with Crippen LogP contribution in [0.2, 0.25) is 5.02 Å². The summed E-state index contributed by atoms with van der Waals surface area (Å²) >= 11 is 7.45. The maximum absolute atomic E-state index is 13.2. The highest BCUT2D eigenvalue weighted by atomic mass is 35.5. The molecule has 4 aromatic rings. The molecule has 0 radical (unpaired) electrons. The molecule has 2 aromatic carbocycles. The average Bonchev–Trinajstić information content (AvgIpc) is 3.30. The van der Waals surface area contributed by atoms with Crippen LogP contribution in [0.4, 0.5) is 5.69 Å². The van der Waals surface area contributed by atoms with Crippen molar-refractivity contribution in [1.82, 2.24) is 13.9 Å². The first-order valence-corrected chi connectivity index (χ1v) is 11.7. The third kappa shape index (κ3) is 5.36. The van der Waals surface area contributed by atoms with Crippen LogP contribution >= 0.6 is 22.9 Å². The molecule has 4 rings (SSSR count). The van der Waals surface area contributed by atoms with Crippen molar-refractivity contribution in [2.45, 2.75) is 20.4 Å². The summed E-state index contributed by atoms with van der Waals surface area (Å²) in [5, 5.41) is 19.8. The lowest BCUT2D eigenvalue weighted by atomic mass is 10.2. The van der Waals surface area contributed by atoms with Crippen molar-refractivity contribution in [3.8, 4) is 16.9 Å². The number of aliphatic hydroxyl groups is 2. The molecule has 9 heteroatoms. The largest absolute Gasteiger partial charge is 0.397 e. The molecule has 0 unspecified atom stereocenters. The third-order valence-electron chi connectivity index (χ3n) is 4.99. The van der Waals surface area contributed by atoms with Gasteiger partial charge in [-0.05, 0) is 43.7 Å². The number of halogens is 1. The highest BCUT2D eigenvalue weighted by Crippen LogP contribution is 2.23. The topological polar surface area (TPSA) is 84.7 Å². The van der Waals surface area contributed by atoms with E-state index in [0.717, 1.165) is 22.6 Å². The Morgan fingerprint density at radius 3 is 2.30 bits per heavy atom. The fraction of sp³-hybridized carbons (Fsp3) is 0.250. The van der Waals surface area contributed by atoms with Crippen LogP contribution in [0.3, 0.4) is 0 Å². The molecule has 174 valence electrons. The Morgan fingerprint density at radius 1 is 1.06 bits per heavy atom. The molecule has 33 heavy (non-hydrogen) atoms. The molecule has 2 N–H and O–H groups in total. The van der Waals surface area contributed by atoms with Crippen LogP contribution in [0, 0.1) is 6.92 Å². The second-order valence-electron chi connectivity index (χ2n) is 7.12. The van der Waals surface area contributed by atoms with Gasteiger partial charge in [-0.15, -0.1) is 11.3 Å². The molecule has 2 heterocycles. The van der Waals surface area contributed by atoms with Gasteiger partial charge in [0.05, 0.1) is 23.7 Å². The van der Waals surface area contributed by atoms with Crippen molar-refractivity contribution in [3.05, 3.63) is 85.8 Å². The van der Waals surface area contributed by atoms with Crippen molar-refractivity contribution in [2.75, 3.05) is 13.2 Å². The predicted molar refractivity (Wildman–Crippen MR) is 134 cm³/mol. The van der Waals surface area contributed by atoms with Gasteiger partial charge in [-0.2, -0.15) is 0 Å². The highest BCUT2D eigenvalue weighted by Gasteiger charge is 2.16. The number of benzene rings is 2. The van der Waals surface area contributed by atoms with E-state index in [-0.39, 0.29) is 18.8 Å². The number of thiazole rings is 1. The zero-order valence-corrected chi connectivity index (χ0v) is 20.3. The van der Waals surface area contributed by atoms with E-state index in [0.29, 0.717) is 22.1 Å². The SMILES string of the molecule is CCO.Cc1c(N=c2scc(-c3ccc(Cl)cc3)n2CCO)c(=O)n(-c2ccccc2)n1C. The Morgan fingerprint density at radius 2 is 1.70 bits per heavy atom. The Bertz CT molecular complexity index is 1320. The number of nitrogens with zero attached hydrogens (tertiary/aromatic N) is 4. The highest BCUT2D eigenvalue weighted by molar-refractivity contribution is 7.07. The van der Waals surface area contributed by atoms with Gasteiger partial charge in [0.25, 0.3) is 5.56 Å². The normalized spacial score (nSPS) is 11.4. The summed E-state index contributed by atoms with van der Waals surface area (Å²) in [6.45, 7) is 4.15. The van der Waals surface area contributed by atoms with E-state index < -0.39 is 0 Å². The molecule has 0 spiro atoms. The fourth-order valence-electron chi connectivity index (χ4n) is 3.36. The smallest absolute Gasteiger partial charge is 0.297 e. The predicted octanol–water partition coefficient (Wildman–Crippen LogP) is 3.89. The lowest BCUT2D eigenvalue weighted by Crippen LogP contribution is -2.21. The van der Waals surface area contributed by atoms with Crippen LogP contribution in [0.1, 0.15) is 12.6 Å². The van der Waals surface area contributed by atoms with Gasteiger partial charge < -0.3 is 14.8 Å². The number of para-hydroxylation sites is 1. The van der Waals surface area contributed by atoms with E-state index in [1.165, 1.54) is 11.3 Å². The minimum Gasteiger partial charge on any atom is -0.397 e. The zero-order chi connectivity index (χ0) is 24.0. The van der Waals surface area contributed by atoms with Crippen LogP contribution in [0.15, 0.2) is 69.8 Å². The first kappa shape index (κ1) is 24.7. The molecule has 0 atom stereocenters. The van der Waals surface area contributed by atoms with Crippen LogP contribution in [0.5, 0.6) is 0 Å². The molecule has 0 fully saturated rings. The Kier molecular flexibility index (Phi) is 8.46. The van der Waals surface area contributed by atoms with Crippen LogP contribution in [0.25, 0.3) is 16.9 Å². The second kappa shape index (κ2) is 11.3. The molecule has 7 nitrogen and oxygen atoms in total. The lowest BCUT2D eigenvalue weighted by Gasteiger charge is -2.07. The van der Waals surface area contributed by atoms with E-state index in [1.807, 2.05) is 78.5 Å². The molecular formula is C24H27ClN4O3S. The summed E-state index contributed by atoms with van der Waals surface area (Å²) in [4.78, 5) is 18.6. The van der Waals surface area contributed by atoms with Crippen molar-refractivity contribution in [1.29, 1.82) is 0 Å². The Labute approximate surface area is 201 Å². The number of hydrogen-bond acceptors (Lipinski definition) is 5. The molecule has 0 saturated carbocycles. The Balaban J connectivity index is 0.000000968. The Hall–Kier alpha value is -2.91. The standard InChI is InChI=1S/C22H21ClN4O2S.C2H6O/c1-15-20(21(29)27(25(15)2)18-6-4-3-5-7-18)24-22-26(12-13-28)19(14-30-22)16-8-10-17(23)11-9-16;1-2-3/h3-11,14,28H,12-13H2,1-2H3;3H,2H2,1H3. The summed E-state index contributed by atoms with van der Waals surface area (Å²) in [5.41, 5.74) is 3.64. The maximum atomic E-state index is 13.2. The first-order valence-electron chi connectivity index (χ1n) is 10.5. The summed E-state index contributed by atoms with van der Waals surface area (Å²) in [6.07, 6.45) is 0. The summed E-state index contributed by atoms with van der Waals surface area (Å²) in [5.74, 6) is 0. The van der Waals surface area contributed by atoms with Crippen molar-refractivity contribution in [3.63, 3.8) is 0 Å². The number of rotatable bonds is 5. The van der Waals surface area contributed by atoms with Crippen LogP contribution in [-0.2, 0) is 13.6 Å². The quantitative estimate of drug-likeness (QED) is 0.449. The van der Waals surface area contributed by atoms with E-state index in [1.54, 1.807) is 16.3 Å². The van der Waals surface area contributed by atoms with Crippen LogP contribution < -0.4 is 10.4 Å². The van der Waals surface area contributed by atoms with E-state index >= 15 is 0 Å². The van der Waals surface area contributed by atoms with Gasteiger partial charge in [-0.1, -0.05) is 41.9 Å². The van der Waals surface area contributed by atoms with Gasteiger partial charge in [-0.3, -0.25) is 9.48 Å². The fourth-order valence-corrected chi connectivity index (χ4v) is 4.43. The summed E-state index contributed by atoms with van der Waals surface area (Å²) in [7, 11) is 1.85. The van der Waals surface area contributed by atoms with E-state index in [9.17, 15) is 9.90 Å². The minimum atomic E-state index is -0.182. The third-order valence-corrected chi connectivity index (χ3v) is 6.11. The number of aromatic nitrogens is 3. The summed E-state index contributed by atoms with van der Waals surface area (Å²) < 4.78 is 5.34. The molecule has 0 aliphatic heterocycles. The maximum Gasteiger partial charge on any atom is 0.297 e. The monoisotopic (exact) mass is 486 g/mol. The van der Waals surface area contributed by atoms with E-state index in [2.05, 4.69) is 0 Å². The molecule has 0 bridgehead atoms. The first-order chi connectivity index (χ1) is 15.9. The lowest BCUT2D eigenvalue weighted by molar-refractivity contribution is 0.275. The average molecular weight is 487 g/mol. The molecule has 0 saturated heterocycles. The second-order valence-corrected chi connectivity index (χ2v) is 8.40. The number of aliphatic hydroxyl groups excluding tert-OH is 2. The minimum absolute atomic E-state index is 0.0352. The van der Waals surface area contributed by atoms with Crippen molar-refractivity contribution in [2.24, 2.45) is 12.0 Å². The summed E-state index contributed by atoms with van der Waals surface area (Å²) in [6, 6.07) is 17.0. The van der Waals surface area contributed by atoms with Crippen molar-refractivity contribution >= 4 is 28.6 Å². The van der Waals surface area contributed by atoms with Gasteiger partial charge in [0.2, 0.25) is 0 Å². The van der Waals surface area contributed by atoms with Gasteiger partial charge >= 0.3 is 0 Å². The molecule has 0 aliphatic rings. The molecule has 0 aliphatic carbocycles. The molecule has 0 amide bonds. The van der Waals surface area contributed by atoms with Gasteiger partial charge in [0, 0.05) is 30.6 Å². The molecular weight excluding hydrogens is 460 g/mol. The van der Waals surface area contributed by atoms with Crippen LogP contribution in [-0.4, -0.2) is 37.4 Å². The van der Waals surface area contributed by atoms with Crippen molar-refractivity contribution < 1.29 is 10.2 Å². The zero-order valence-electron chi connectivity index (χ0n) is 18.8. The molecule has 2 aromatic heterocycles. The number of hydrogen-bond donors (Lipinski definition) is 2. The van der Waals surface area contributed by atoms with Gasteiger partial charge in [-0.25, -0.2) is 9.67 Å².